The van der Waals surface area contributed by atoms with Gasteiger partial charge < -0.3 is 24.5 Å². The zero-order chi connectivity index (χ0) is 29.2. The summed E-state index contributed by atoms with van der Waals surface area (Å²) in [7, 11) is 0. The number of carbonyl (C=O) groups is 5. The van der Waals surface area contributed by atoms with Gasteiger partial charge in [0.15, 0.2) is 6.61 Å². The number of H-pyrrole nitrogens is 1. The third-order valence-electron chi connectivity index (χ3n) is 6.67. The molecule has 14 heteroatoms. The Morgan fingerprint density at radius 2 is 1.88 bits per heavy atom. The zero-order valence-corrected chi connectivity index (χ0v) is 21.8. The molecule has 2 aliphatic heterocycles. The number of hydrogen-bond acceptors (Lipinski definition) is 11. The van der Waals surface area contributed by atoms with Crippen LogP contribution in [0.3, 0.4) is 0 Å². The lowest BCUT2D eigenvalue weighted by Gasteiger charge is -2.27. The van der Waals surface area contributed by atoms with E-state index < -0.39 is 49.0 Å². The number of carbonyl (C=O) groups excluding carboxylic acids is 5. The van der Waals surface area contributed by atoms with E-state index in [1.54, 1.807) is 24.4 Å². The lowest BCUT2D eigenvalue weighted by atomic mass is 10.0. The molecule has 2 aromatic heterocycles. The molecule has 2 aliphatic rings. The summed E-state index contributed by atoms with van der Waals surface area (Å²) in [6.07, 6.45) is 3.23. The number of piperidine rings is 1. The average molecular weight is 571 g/mol. The van der Waals surface area contributed by atoms with Gasteiger partial charge in [0, 0.05) is 24.4 Å². The quantitative estimate of drug-likeness (QED) is 0.152. The van der Waals surface area contributed by atoms with Gasteiger partial charge in [0.1, 0.15) is 35.3 Å². The van der Waals surface area contributed by atoms with Gasteiger partial charge in [-0.05, 0) is 36.8 Å². The van der Waals surface area contributed by atoms with Crippen molar-refractivity contribution in [2.24, 2.45) is 0 Å². The van der Waals surface area contributed by atoms with Gasteiger partial charge in [0.2, 0.25) is 18.6 Å². The van der Waals surface area contributed by atoms with Crippen LogP contribution >= 0.6 is 0 Å². The SMILES string of the molecule is O=C1CCC(N2C(=O)c3cccc(OCC(=O)OCOc4cccc(Nc5ncnc6[nH]ccc56)c4)c3C2=O)C(=O)N1. The maximum absolute atomic E-state index is 13.1. The average Bonchev–Trinajstić information content (AvgIpc) is 3.56. The first-order valence-electron chi connectivity index (χ1n) is 12.8. The fraction of sp³-hybridized carbons (Fsp3) is 0.179. The predicted octanol–water partition coefficient (Wildman–Crippen LogP) is 2.06. The minimum Gasteiger partial charge on any atom is -0.481 e. The standard InChI is InChI=1S/C28H22N6O8/c35-21-8-7-19(26(37)33-21)34-27(38)17-5-2-6-20(23(17)28(34)39)40-12-22(36)42-14-41-16-4-1-3-15(11-16)32-25-18-9-10-29-24(18)30-13-31-25/h1-6,9-11,13,19H,7-8,12,14H2,(H,33,35,37)(H2,29,30,31,32). The number of amides is 4. The van der Waals surface area contributed by atoms with Gasteiger partial charge >= 0.3 is 5.97 Å². The maximum Gasteiger partial charge on any atom is 0.347 e. The number of hydrogen-bond donors (Lipinski definition) is 3. The second kappa shape index (κ2) is 11.0. The van der Waals surface area contributed by atoms with Gasteiger partial charge in [0.25, 0.3) is 11.8 Å². The van der Waals surface area contributed by atoms with Crippen LogP contribution in [0.5, 0.6) is 11.5 Å². The van der Waals surface area contributed by atoms with E-state index in [0.29, 0.717) is 22.9 Å². The molecule has 42 heavy (non-hydrogen) atoms. The topological polar surface area (TPSA) is 182 Å². The molecule has 6 rings (SSSR count). The van der Waals surface area contributed by atoms with Gasteiger partial charge in [0.05, 0.1) is 16.5 Å². The Kier molecular flexibility index (Phi) is 6.92. The summed E-state index contributed by atoms with van der Waals surface area (Å²) in [5.41, 5.74) is 1.34. The highest BCUT2D eigenvalue weighted by Crippen LogP contribution is 2.33. The Balaban J connectivity index is 1.04. The molecule has 0 spiro atoms. The number of rotatable bonds is 9. The van der Waals surface area contributed by atoms with Crippen LogP contribution in [0.1, 0.15) is 33.6 Å². The maximum atomic E-state index is 13.1. The van der Waals surface area contributed by atoms with Gasteiger partial charge in [-0.2, -0.15) is 0 Å². The largest absolute Gasteiger partial charge is 0.481 e. The molecule has 0 saturated carbocycles. The number of nitrogens with zero attached hydrogens (tertiary/aromatic N) is 3. The van der Waals surface area contributed by atoms with Gasteiger partial charge in [-0.1, -0.05) is 12.1 Å². The van der Waals surface area contributed by atoms with E-state index in [1.807, 2.05) is 12.1 Å². The van der Waals surface area contributed by atoms with Crippen LogP contribution < -0.4 is 20.1 Å². The summed E-state index contributed by atoms with van der Waals surface area (Å²) in [5, 5.41) is 6.15. The number of esters is 1. The van der Waals surface area contributed by atoms with Crippen LogP contribution in [0, 0.1) is 0 Å². The van der Waals surface area contributed by atoms with Crippen molar-refractivity contribution < 1.29 is 38.2 Å². The summed E-state index contributed by atoms with van der Waals surface area (Å²) in [4.78, 5) is 74.4. The minimum atomic E-state index is -1.12. The Morgan fingerprint density at radius 1 is 1.02 bits per heavy atom. The number of aromatic nitrogens is 3. The van der Waals surface area contributed by atoms with Crippen LogP contribution in [0.4, 0.5) is 11.5 Å². The number of benzene rings is 2. The van der Waals surface area contributed by atoms with Crippen LogP contribution in [0.15, 0.2) is 61.1 Å². The van der Waals surface area contributed by atoms with Crippen molar-refractivity contribution in [2.75, 3.05) is 18.7 Å². The lowest BCUT2D eigenvalue weighted by Crippen LogP contribution is -2.54. The Hall–Kier alpha value is -5.79. The summed E-state index contributed by atoms with van der Waals surface area (Å²) in [5.74, 6) is -2.38. The van der Waals surface area contributed by atoms with E-state index in [2.05, 4.69) is 25.6 Å². The molecule has 3 N–H and O–H groups in total. The van der Waals surface area contributed by atoms with Crippen molar-refractivity contribution in [3.05, 3.63) is 72.2 Å². The summed E-state index contributed by atoms with van der Waals surface area (Å²) in [6, 6.07) is 12.0. The van der Waals surface area contributed by atoms with E-state index in [9.17, 15) is 24.0 Å². The first-order chi connectivity index (χ1) is 20.4. The first-order valence-corrected chi connectivity index (χ1v) is 12.8. The molecule has 4 heterocycles. The molecular formula is C28H22N6O8. The van der Waals surface area contributed by atoms with Crippen molar-refractivity contribution >= 4 is 52.1 Å². The molecule has 2 aromatic carbocycles. The minimum absolute atomic E-state index is 0.000910. The van der Waals surface area contributed by atoms with Gasteiger partial charge in [-0.25, -0.2) is 14.8 Å². The van der Waals surface area contributed by atoms with E-state index in [-0.39, 0.29) is 29.7 Å². The van der Waals surface area contributed by atoms with Crippen LogP contribution in [-0.2, 0) is 19.1 Å². The first kappa shape index (κ1) is 26.4. The smallest absolute Gasteiger partial charge is 0.347 e. The van der Waals surface area contributed by atoms with Gasteiger partial charge in [-0.3, -0.25) is 29.4 Å². The summed E-state index contributed by atoms with van der Waals surface area (Å²) in [6.45, 7) is -0.976. The van der Waals surface area contributed by atoms with Crippen molar-refractivity contribution in [1.82, 2.24) is 25.2 Å². The molecule has 4 aromatic rings. The van der Waals surface area contributed by atoms with Crippen LogP contribution in [0.25, 0.3) is 11.0 Å². The number of fused-ring (bicyclic) bond motifs is 2. The van der Waals surface area contributed by atoms with Crippen molar-refractivity contribution in [3.8, 4) is 11.5 Å². The second-order valence-electron chi connectivity index (χ2n) is 9.31. The molecular weight excluding hydrogens is 548 g/mol. The highest BCUT2D eigenvalue weighted by Gasteiger charge is 2.46. The molecule has 1 unspecified atom stereocenters. The van der Waals surface area contributed by atoms with Crippen LogP contribution in [-0.4, -0.2) is 68.9 Å². The highest BCUT2D eigenvalue weighted by molar-refractivity contribution is 6.24. The summed E-state index contributed by atoms with van der Waals surface area (Å²) < 4.78 is 16.2. The fourth-order valence-electron chi connectivity index (χ4n) is 4.72. The molecule has 14 nitrogen and oxygen atoms in total. The number of anilines is 2. The van der Waals surface area contributed by atoms with Gasteiger partial charge in [-0.15, -0.1) is 0 Å². The summed E-state index contributed by atoms with van der Waals surface area (Å²) >= 11 is 0. The van der Waals surface area contributed by atoms with E-state index >= 15 is 0 Å². The molecule has 1 saturated heterocycles. The van der Waals surface area contributed by atoms with Crippen LogP contribution in [0.2, 0.25) is 0 Å². The third kappa shape index (κ3) is 5.08. The molecule has 4 amide bonds. The monoisotopic (exact) mass is 570 g/mol. The third-order valence-corrected chi connectivity index (χ3v) is 6.67. The van der Waals surface area contributed by atoms with Crippen molar-refractivity contribution in [2.45, 2.75) is 18.9 Å². The van der Waals surface area contributed by atoms with E-state index in [1.165, 1.54) is 24.5 Å². The Morgan fingerprint density at radius 3 is 2.74 bits per heavy atom. The zero-order valence-electron chi connectivity index (χ0n) is 21.8. The van der Waals surface area contributed by atoms with E-state index in [0.717, 1.165) is 10.3 Å². The molecule has 212 valence electrons. The normalized spacial score (nSPS) is 16.3. The fourth-order valence-corrected chi connectivity index (χ4v) is 4.72. The predicted molar refractivity (Wildman–Crippen MR) is 144 cm³/mol. The lowest BCUT2D eigenvalue weighted by molar-refractivity contribution is -0.152. The van der Waals surface area contributed by atoms with Crippen molar-refractivity contribution in [3.63, 3.8) is 0 Å². The molecule has 0 radical (unpaired) electrons. The van der Waals surface area contributed by atoms with E-state index in [4.69, 9.17) is 14.2 Å². The number of imide groups is 2. The number of ether oxygens (including phenoxy) is 3. The van der Waals surface area contributed by atoms with Crippen molar-refractivity contribution in [1.29, 1.82) is 0 Å². The number of aromatic amines is 1. The second-order valence-corrected chi connectivity index (χ2v) is 9.31. The molecule has 0 bridgehead atoms. The molecule has 1 fully saturated rings. The highest BCUT2D eigenvalue weighted by atomic mass is 16.7. The molecule has 0 aliphatic carbocycles. The molecule has 1 atom stereocenters. The Labute approximate surface area is 237 Å². The number of nitrogens with one attached hydrogen (secondary N) is 3. The Bertz CT molecular complexity index is 1750.